The summed E-state index contributed by atoms with van der Waals surface area (Å²) in [6.45, 7) is 1.52. The van der Waals surface area contributed by atoms with Crippen molar-refractivity contribution in [2.45, 2.75) is 6.92 Å². The highest BCUT2D eigenvalue weighted by Crippen LogP contribution is 2.07. The normalized spacial score (nSPS) is 10.8. The second-order valence-corrected chi connectivity index (χ2v) is 4.38. The van der Waals surface area contributed by atoms with Gasteiger partial charge in [-0.05, 0) is 31.2 Å². The number of hydrazone groups is 1. The van der Waals surface area contributed by atoms with Gasteiger partial charge in [-0.2, -0.15) is 5.10 Å². The Labute approximate surface area is 123 Å². The monoisotopic (exact) mass is 280 g/mol. The first-order valence-corrected chi connectivity index (χ1v) is 6.47. The molecule has 5 heteroatoms. The lowest BCUT2D eigenvalue weighted by Gasteiger charge is -2.07. The van der Waals surface area contributed by atoms with E-state index in [-0.39, 0.29) is 11.4 Å². The van der Waals surface area contributed by atoms with Gasteiger partial charge in [-0.3, -0.25) is 10.2 Å². The second kappa shape index (κ2) is 7.00. The Morgan fingerprint density at radius 2 is 1.48 bits per heavy atom. The maximum Gasteiger partial charge on any atom is 0.277 e. The van der Waals surface area contributed by atoms with Crippen molar-refractivity contribution in [3.8, 4) is 0 Å². The third-order valence-corrected chi connectivity index (χ3v) is 2.67. The molecule has 106 valence electrons. The lowest BCUT2D eigenvalue weighted by atomic mass is 10.2. The van der Waals surface area contributed by atoms with Crippen LogP contribution in [0.3, 0.4) is 0 Å². The lowest BCUT2D eigenvalue weighted by molar-refractivity contribution is -0.110. The van der Waals surface area contributed by atoms with Crippen LogP contribution in [0.1, 0.15) is 6.92 Å². The molecule has 0 atom stereocenters. The molecule has 2 aromatic carbocycles. The van der Waals surface area contributed by atoms with Crippen LogP contribution in [0, 0.1) is 5.41 Å². The van der Waals surface area contributed by atoms with E-state index in [2.05, 4.69) is 15.8 Å². The van der Waals surface area contributed by atoms with E-state index in [1.165, 1.54) is 6.92 Å². The van der Waals surface area contributed by atoms with E-state index in [4.69, 9.17) is 5.41 Å². The molecule has 2 aromatic rings. The number of rotatable bonds is 5. The first-order chi connectivity index (χ1) is 10.2. The topological polar surface area (TPSA) is 77.3 Å². The van der Waals surface area contributed by atoms with Gasteiger partial charge in [0.1, 0.15) is 0 Å². The molecular weight excluding hydrogens is 264 g/mol. The van der Waals surface area contributed by atoms with Crippen molar-refractivity contribution in [3.63, 3.8) is 0 Å². The molecule has 0 aliphatic rings. The number of benzene rings is 2. The maximum atomic E-state index is 12.2. The fraction of sp³-hybridized carbons (Fsp3) is 0.0625. The third-order valence-electron chi connectivity index (χ3n) is 2.67. The summed E-state index contributed by atoms with van der Waals surface area (Å²) >= 11 is 0. The van der Waals surface area contributed by atoms with Gasteiger partial charge in [0.05, 0.1) is 11.4 Å². The van der Waals surface area contributed by atoms with Gasteiger partial charge in [0, 0.05) is 5.69 Å². The van der Waals surface area contributed by atoms with Crippen molar-refractivity contribution in [2.75, 3.05) is 10.7 Å². The van der Waals surface area contributed by atoms with Crippen molar-refractivity contribution in [1.29, 1.82) is 5.41 Å². The van der Waals surface area contributed by atoms with E-state index in [0.717, 1.165) is 5.69 Å². The van der Waals surface area contributed by atoms with Gasteiger partial charge in [0.15, 0.2) is 5.71 Å². The molecule has 21 heavy (non-hydrogen) atoms. The summed E-state index contributed by atoms with van der Waals surface area (Å²) in [6, 6.07) is 18.3. The van der Waals surface area contributed by atoms with Crippen LogP contribution in [0.5, 0.6) is 0 Å². The molecule has 0 aliphatic heterocycles. The molecule has 0 aromatic heterocycles. The number of hydrogen-bond acceptors (Lipinski definition) is 4. The van der Waals surface area contributed by atoms with Crippen LogP contribution in [-0.2, 0) is 4.79 Å². The van der Waals surface area contributed by atoms with Gasteiger partial charge in [-0.15, -0.1) is 0 Å². The number of carbonyl (C=O) groups excluding carboxylic acids is 1. The highest BCUT2D eigenvalue weighted by Gasteiger charge is 2.14. The fourth-order valence-electron chi connectivity index (χ4n) is 1.65. The molecule has 2 rings (SSSR count). The number of para-hydroxylation sites is 2. The van der Waals surface area contributed by atoms with Crippen molar-refractivity contribution >= 4 is 28.7 Å². The number of anilines is 2. The van der Waals surface area contributed by atoms with E-state index in [1.54, 1.807) is 12.1 Å². The minimum Gasteiger partial charge on any atom is -0.321 e. The zero-order valence-corrected chi connectivity index (χ0v) is 11.6. The lowest BCUT2D eigenvalue weighted by Crippen LogP contribution is -2.29. The molecule has 0 fully saturated rings. The van der Waals surface area contributed by atoms with Crippen molar-refractivity contribution < 1.29 is 4.79 Å². The summed E-state index contributed by atoms with van der Waals surface area (Å²) in [4.78, 5) is 12.2. The average molecular weight is 280 g/mol. The Balaban J connectivity index is 2.11. The summed E-state index contributed by atoms with van der Waals surface area (Å²) in [6.07, 6.45) is 0. The van der Waals surface area contributed by atoms with E-state index in [9.17, 15) is 4.79 Å². The Morgan fingerprint density at radius 3 is 2.00 bits per heavy atom. The Morgan fingerprint density at radius 1 is 0.952 bits per heavy atom. The minimum atomic E-state index is -0.419. The van der Waals surface area contributed by atoms with Gasteiger partial charge in [-0.25, -0.2) is 0 Å². The van der Waals surface area contributed by atoms with Gasteiger partial charge < -0.3 is 10.7 Å². The quantitative estimate of drug-likeness (QED) is 0.581. The number of nitrogens with zero attached hydrogens (tertiary/aromatic N) is 1. The van der Waals surface area contributed by atoms with E-state index in [1.807, 2.05) is 48.5 Å². The van der Waals surface area contributed by atoms with Crippen molar-refractivity contribution in [2.24, 2.45) is 5.10 Å². The molecule has 0 heterocycles. The average Bonchev–Trinajstić information content (AvgIpc) is 2.49. The summed E-state index contributed by atoms with van der Waals surface area (Å²) in [5.74, 6) is -0.419. The molecule has 0 aliphatic carbocycles. The first-order valence-electron chi connectivity index (χ1n) is 6.47. The van der Waals surface area contributed by atoms with E-state index >= 15 is 0 Å². The van der Waals surface area contributed by atoms with Gasteiger partial charge >= 0.3 is 0 Å². The maximum absolute atomic E-state index is 12.2. The molecule has 5 nitrogen and oxygen atoms in total. The molecule has 0 saturated heterocycles. The summed E-state index contributed by atoms with van der Waals surface area (Å²) < 4.78 is 0. The Kier molecular flexibility index (Phi) is 4.82. The molecule has 3 N–H and O–H groups in total. The largest absolute Gasteiger partial charge is 0.321 e. The predicted octanol–water partition coefficient (Wildman–Crippen LogP) is 3.13. The van der Waals surface area contributed by atoms with Crippen LogP contribution in [0.4, 0.5) is 11.4 Å². The fourth-order valence-corrected chi connectivity index (χ4v) is 1.65. The van der Waals surface area contributed by atoms with Crippen LogP contribution < -0.4 is 10.7 Å². The predicted molar refractivity (Wildman–Crippen MR) is 86.0 cm³/mol. The molecule has 0 bridgehead atoms. The summed E-state index contributed by atoms with van der Waals surface area (Å²) in [7, 11) is 0. The van der Waals surface area contributed by atoms with Crippen LogP contribution >= 0.6 is 0 Å². The molecular formula is C16H16N4O. The van der Waals surface area contributed by atoms with E-state index in [0.29, 0.717) is 5.69 Å². The summed E-state index contributed by atoms with van der Waals surface area (Å²) in [5, 5.41) is 14.4. The number of nitrogens with one attached hydrogen (secondary N) is 3. The van der Waals surface area contributed by atoms with Crippen LogP contribution in [-0.4, -0.2) is 17.3 Å². The standard InChI is InChI=1S/C16H16N4O/c1-12(17)15(20-19-14-10-6-3-7-11-14)16(21)18-13-8-4-2-5-9-13/h2-11,17,19H,1H3,(H,18,21)/b17-12?,20-15+. The number of hydrogen-bond donors (Lipinski definition) is 3. The SMILES string of the molecule is CC(=N)/C(=N\Nc1ccccc1)C(=O)Nc1ccccc1. The molecule has 0 saturated carbocycles. The molecule has 0 radical (unpaired) electrons. The third kappa shape index (κ3) is 4.28. The van der Waals surface area contributed by atoms with Crippen molar-refractivity contribution in [1.82, 2.24) is 0 Å². The van der Waals surface area contributed by atoms with Crippen molar-refractivity contribution in [3.05, 3.63) is 60.7 Å². The zero-order valence-electron chi connectivity index (χ0n) is 11.6. The number of amides is 1. The van der Waals surface area contributed by atoms with Gasteiger partial charge in [0.25, 0.3) is 5.91 Å². The second-order valence-electron chi connectivity index (χ2n) is 4.38. The Hall–Kier alpha value is -2.95. The van der Waals surface area contributed by atoms with E-state index < -0.39 is 5.91 Å². The molecule has 0 unspecified atom stereocenters. The molecule has 0 spiro atoms. The number of carbonyl (C=O) groups is 1. The first kappa shape index (κ1) is 14.5. The van der Waals surface area contributed by atoms with Crippen LogP contribution in [0.2, 0.25) is 0 Å². The van der Waals surface area contributed by atoms with Crippen LogP contribution in [0.15, 0.2) is 65.8 Å². The Bertz CT molecular complexity index is 650. The highest BCUT2D eigenvalue weighted by molar-refractivity contribution is 6.67. The highest BCUT2D eigenvalue weighted by atomic mass is 16.2. The summed E-state index contributed by atoms with van der Waals surface area (Å²) in [5.41, 5.74) is 4.33. The van der Waals surface area contributed by atoms with Crippen LogP contribution in [0.25, 0.3) is 0 Å². The van der Waals surface area contributed by atoms with Gasteiger partial charge in [-0.1, -0.05) is 36.4 Å². The zero-order chi connectivity index (χ0) is 15.1. The smallest absolute Gasteiger partial charge is 0.277 e. The molecule has 1 amide bonds. The minimum absolute atomic E-state index is 0.0442. The van der Waals surface area contributed by atoms with Gasteiger partial charge in [0.2, 0.25) is 0 Å².